The van der Waals surface area contributed by atoms with E-state index in [0.29, 0.717) is 12.1 Å². The van der Waals surface area contributed by atoms with E-state index in [4.69, 9.17) is 0 Å². The van der Waals surface area contributed by atoms with Crippen LogP contribution in [-0.4, -0.2) is 22.9 Å². The highest BCUT2D eigenvalue weighted by Gasteiger charge is 2.24. The van der Waals surface area contributed by atoms with Gasteiger partial charge in [0.15, 0.2) is 0 Å². The van der Waals surface area contributed by atoms with Crippen LogP contribution in [0.2, 0.25) is 0 Å². The highest BCUT2D eigenvalue weighted by molar-refractivity contribution is 6.35. The number of hydrogen-bond acceptors (Lipinski definition) is 2. The largest absolute Gasteiger partial charge is 0.355 e. The van der Waals surface area contributed by atoms with Gasteiger partial charge in [-0.1, -0.05) is 66.7 Å². The molecule has 5 rings (SSSR count). The zero-order valence-corrected chi connectivity index (χ0v) is 18.3. The second-order valence-corrected chi connectivity index (χ2v) is 8.23. The molecule has 0 atom stereocenters. The second-order valence-electron chi connectivity index (χ2n) is 8.23. The van der Waals surface area contributed by atoms with Gasteiger partial charge in [-0.05, 0) is 36.6 Å². The Bertz CT molecular complexity index is 1350. The van der Waals surface area contributed by atoms with Gasteiger partial charge < -0.3 is 15.2 Å². The van der Waals surface area contributed by atoms with E-state index in [1.165, 1.54) is 5.56 Å². The molecule has 0 fully saturated rings. The molecule has 33 heavy (non-hydrogen) atoms. The minimum absolute atomic E-state index is 0.0213. The van der Waals surface area contributed by atoms with E-state index in [9.17, 15) is 9.59 Å². The van der Waals surface area contributed by atoms with Crippen molar-refractivity contribution in [1.82, 2.24) is 9.88 Å². The molecule has 0 radical (unpaired) electrons. The molecule has 3 aromatic carbocycles. The summed E-state index contributed by atoms with van der Waals surface area (Å²) < 4.78 is 1.95. The number of anilines is 1. The lowest BCUT2D eigenvalue weighted by atomic mass is 10.0. The molecule has 0 unspecified atom stereocenters. The summed E-state index contributed by atoms with van der Waals surface area (Å²) in [7, 11) is 0. The molecular formula is C28H25N3O2. The molecule has 1 aliphatic rings. The average molecular weight is 436 g/mol. The fraction of sp³-hybridized carbons (Fsp3) is 0.143. The quantitative estimate of drug-likeness (QED) is 0.321. The summed E-state index contributed by atoms with van der Waals surface area (Å²) in [6.07, 6.45) is 5.70. The lowest BCUT2D eigenvalue weighted by Gasteiger charge is -2.07. The summed E-state index contributed by atoms with van der Waals surface area (Å²) in [4.78, 5) is 25.2. The number of rotatable bonds is 7. The van der Waals surface area contributed by atoms with Gasteiger partial charge in [-0.15, -0.1) is 0 Å². The monoisotopic (exact) mass is 435 g/mol. The second kappa shape index (κ2) is 9.17. The van der Waals surface area contributed by atoms with Gasteiger partial charge in [-0.2, -0.15) is 0 Å². The number of benzene rings is 3. The topological polar surface area (TPSA) is 63.1 Å². The van der Waals surface area contributed by atoms with Crippen molar-refractivity contribution >= 4 is 40.1 Å². The number of nitrogens with one attached hydrogen (secondary N) is 2. The minimum atomic E-state index is -0.107. The molecule has 164 valence electrons. The van der Waals surface area contributed by atoms with Gasteiger partial charge in [-0.25, -0.2) is 0 Å². The molecule has 0 saturated heterocycles. The van der Waals surface area contributed by atoms with E-state index in [1.54, 1.807) is 0 Å². The molecule has 0 aliphatic carbocycles. The Labute approximate surface area is 192 Å². The maximum absolute atomic E-state index is 12.6. The number of carbonyl (C=O) groups is 2. The van der Waals surface area contributed by atoms with Gasteiger partial charge in [-0.3, -0.25) is 9.59 Å². The van der Waals surface area contributed by atoms with Crippen molar-refractivity contribution in [2.75, 3.05) is 11.9 Å². The zero-order chi connectivity index (χ0) is 22.6. The van der Waals surface area contributed by atoms with Gasteiger partial charge in [0.05, 0.1) is 0 Å². The summed E-state index contributed by atoms with van der Waals surface area (Å²) >= 11 is 0. The Morgan fingerprint density at radius 2 is 1.70 bits per heavy atom. The Morgan fingerprint density at radius 1 is 0.939 bits per heavy atom. The number of hydrogen-bond donors (Lipinski definition) is 2. The predicted octanol–water partition coefficient (Wildman–Crippen LogP) is 4.88. The third-order valence-electron chi connectivity index (χ3n) is 5.95. The van der Waals surface area contributed by atoms with Gasteiger partial charge in [0.25, 0.3) is 5.91 Å². The van der Waals surface area contributed by atoms with E-state index >= 15 is 0 Å². The molecule has 0 bridgehead atoms. The van der Waals surface area contributed by atoms with Crippen molar-refractivity contribution in [2.45, 2.75) is 19.4 Å². The van der Waals surface area contributed by atoms with Crippen LogP contribution in [-0.2, 0) is 22.6 Å². The van der Waals surface area contributed by atoms with Crippen LogP contribution in [0.1, 0.15) is 23.1 Å². The van der Waals surface area contributed by atoms with Gasteiger partial charge >= 0.3 is 0 Å². The summed E-state index contributed by atoms with van der Waals surface area (Å²) in [6, 6.07) is 25.9. The molecular weight excluding hydrogens is 410 g/mol. The van der Waals surface area contributed by atoms with Crippen LogP contribution >= 0.6 is 0 Å². The van der Waals surface area contributed by atoms with Crippen LogP contribution < -0.4 is 10.6 Å². The first-order valence-electron chi connectivity index (χ1n) is 11.2. The molecule has 0 spiro atoms. The third-order valence-corrected chi connectivity index (χ3v) is 5.95. The smallest absolute Gasteiger partial charge is 0.256 e. The molecule has 5 heteroatoms. The molecule has 4 aromatic rings. The molecule has 1 aliphatic heterocycles. The number of amides is 2. The van der Waals surface area contributed by atoms with Crippen LogP contribution in [0, 0.1) is 0 Å². The maximum Gasteiger partial charge on any atom is 0.256 e. The van der Waals surface area contributed by atoms with Crippen molar-refractivity contribution in [3.05, 3.63) is 102 Å². The van der Waals surface area contributed by atoms with Crippen LogP contribution in [0.15, 0.2) is 85.1 Å². The standard InChI is InChI=1S/C28H25N3O2/c32-27(29-16-8-11-20-9-2-1-3-10-20)19-31-18-21(22-12-5-7-15-26(22)31)17-24-23-13-4-6-14-25(23)30-28(24)33/h1-7,9-10,12-15,17-18H,8,11,16,19H2,(H,29,32)(H,30,33)/b24-17-. The Morgan fingerprint density at radius 3 is 2.58 bits per heavy atom. The number of para-hydroxylation sites is 2. The van der Waals surface area contributed by atoms with Crippen LogP contribution in [0.5, 0.6) is 0 Å². The molecule has 5 nitrogen and oxygen atoms in total. The molecule has 2 heterocycles. The van der Waals surface area contributed by atoms with Crippen molar-refractivity contribution in [3.63, 3.8) is 0 Å². The number of carbonyl (C=O) groups excluding carboxylic acids is 2. The minimum Gasteiger partial charge on any atom is -0.355 e. The highest BCUT2D eigenvalue weighted by Crippen LogP contribution is 2.34. The van der Waals surface area contributed by atoms with Gasteiger partial charge in [0.2, 0.25) is 5.91 Å². The van der Waals surface area contributed by atoms with Crippen molar-refractivity contribution in [1.29, 1.82) is 0 Å². The Kier molecular flexibility index (Phi) is 5.77. The van der Waals surface area contributed by atoms with E-state index < -0.39 is 0 Å². The number of aryl methyl sites for hydroxylation is 1. The average Bonchev–Trinajstić information content (AvgIpc) is 3.35. The number of fused-ring (bicyclic) bond motifs is 2. The molecule has 1 aromatic heterocycles. The first kappa shape index (κ1) is 20.8. The summed E-state index contributed by atoms with van der Waals surface area (Å²) in [6.45, 7) is 0.874. The summed E-state index contributed by atoms with van der Waals surface area (Å²) in [5.74, 6) is -0.129. The normalized spacial score (nSPS) is 13.8. The first-order chi connectivity index (χ1) is 16.2. The van der Waals surface area contributed by atoms with Crippen LogP contribution in [0.4, 0.5) is 5.69 Å². The Balaban J connectivity index is 1.32. The molecule has 2 amide bonds. The highest BCUT2D eigenvalue weighted by atomic mass is 16.2. The van der Waals surface area contributed by atoms with Crippen LogP contribution in [0.25, 0.3) is 22.6 Å². The zero-order valence-electron chi connectivity index (χ0n) is 18.3. The van der Waals surface area contributed by atoms with E-state index in [1.807, 2.05) is 83.6 Å². The lowest BCUT2D eigenvalue weighted by Crippen LogP contribution is -2.28. The fourth-order valence-corrected chi connectivity index (χ4v) is 4.33. The summed E-state index contributed by atoms with van der Waals surface area (Å²) in [5, 5.41) is 6.96. The predicted molar refractivity (Wildman–Crippen MR) is 133 cm³/mol. The Hall–Kier alpha value is -4.12. The van der Waals surface area contributed by atoms with Crippen molar-refractivity contribution in [3.8, 4) is 0 Å². The SMILES string of the molecule is O=C(Cn1cc(/C=C2\C(=O)Nc3ccccc32)c2ccccc21)NCCCc1ccccc1. The molecule has 0 saturated carbocycles. The van der Waals surface area contributed by atoms with Gasteiger partial charge in [0.1, 0.15) is 6.54 Å². The van der Waals surface area contributed by atoms with E-state index in [0.717, 1.165) is 40.6 Å². The van der Waals surface area contributed by atoms with Crippen LogP contribution in [0.3, 0.4) is 0 Å². The number of nitrogens with zero attached hydrogens (tertiary/aromatic N) is 1. The lowest BCUT2D eigenvalue weighted by molar-refractivity contribution is -0.121. The fourth-order valence-electron chi connectivity index (χ4n) is 4.33. The van der Waals surface area contributed by atoms with Crippen molar-refractivity contribution in [2.24, 2.45) is 0 Å². The summed E-state index contributed by atoms with van der Waals surface area (Å²) in [5.41, 5.74) is 5.53. The van der Waals surface area contributed by atoms with E-state index in [2.05, 4.69) is 22.8 Å². The third kappa shape index (κ3) is 4.44. The number of aromatic nitrogens is 1. The van der Waals surface area contributed by atoms with Gasteiger partial charge in [0, 0.05) is 46.0 Å². The maximum atomic E-state index is 12.6. The van der Waals surface area contributed by atoms with E-state index in [-0.39, 0.29) is 18.4 Å². The first-order valence-corrected chi connectivity index (χ1v) is 11.2. The van der Waals surface area contributed by atoms with Crippen molar-refractivity contribution < 1.29 is 9.59 Å². The molecule has 2 N–H and O–H groups in total.